The number of benzene rings is 2. The third-order valence-corrected chi connectivity index (χ3v) is 1.94. The van der Waals surface area contributed by atoms with E-state index in [-0.39, 0.29) is 5.78 Å². The molecular formula is C13H8O. The zero-order chi connectivity index (χ0) is 9.80. The first-order valence-corrected chi connectivity index (χ1v) is 4.35. The van der Waals surface area contributed by atoms with Crippen LogP contribution in [0.1, 0.15) is 15.9 Å². The van der Waals surface area contributed by atoms with Gasteiger partial charge in [0.05, 0.1) is 0 Å². The summed E-state index contributed by atoms with van der Waals surface area (Å²) in [7, 11) is 0. The van der Waals surface area contributed by atoms with E-state index in [1.165, 1.54) is 0 Å². The quantitative estimate of drug-likeness (QED) is 0.649. The number of carbonyl (C=O) groups is 1. The highest BCUT2D eigenvalue weighted by Gasteiger charge is 2.06. The van der Waals surface area contributed by atoms with Gasteiger partial charge in [0.1, 0.15) is 0 Å². The van der Waals surface area contributed by atoms with E-state index < -0.39 is 0 Å². The van der Waals surface area contributed by atoms with Crippen molar-refractivity contribution in [1.29, 1.82) is 0 Å². The third kappa shape index (κ3) is 1.72. The van der Waals surface area contributed by atoms with E-state index in [1.54, 1.807) is 30.3 Å². The van der Waals surface area contributed by atoms with Gasteiger partial charge in [0.15, 0.2) is 5.78 Å². The summed E-state index contributed by atoms with van der Waals surface area (Å²) >= 11 is 0. The molecule has 0 fully saturated rings. The summed E-state index contributed by atoms with van der Waals surface area (Å²) in [5.41, 5.74) is 1.27. The molecule has 0 unspecified atom stereocenters. The molecule has 0 saturated carbocycles. The standard InChI is InChI=1S/C13H8O/c14-13(11-7-3-1-4-8-11)12-9-5-2-6-10-12/h1,3-9H. The lowest BCUT2D eigenvalue weighted by Gasteiger charge is -1.98. The fourth-order valence-electron chi connectivity index (χ4n) is 1.23. The van der Waals surface area contributed by atoms with Crippen molar-refractivity contribution in [1.82, 2.24) is 0 Å². The molecule has 0 aliphatic heterocycles. The van der Waals surface area contributed by atoms with Crippen molar-refractivity contribution in [2.75, 3.05) is 0 Å². The zero-order valence-corrected chi connectivity index (χ0v) is 7.53. The Hall–Kier alpha value is -1.89. The monoisotopic (exact) mass is 180 g/mol. The first-order valence-electron chi connectivity index (χ1n) is 4.35. The molecule has 2 aromatic rings. The highest BCUT2D eigenvalue weighted by Crippen LogP contribution is 2.07. The van der Waals surface area contributed by atoms with E-state index in [4.69, 9.17) is 0 Å². The maximum Gasteiger partial charge on any atom is 0.193 e. The van der Waals surface area contributed by atoms with Crippen molar-refractivity contribution in [3.63, 3.8) is 0 Å². The van der Waals surface area contributed by atoms with Gasteiger partial charge in [-0.2, -0.15) is 0 Å². The van der Waals surface area contributed by atoms with Crippen molar-refractivity contribution >= 4 is 5.78 Å². The minimum atomic E-state index is -0.000370. The lowest BCUT2D eigenvalue weighted by molar-refractivity contribution is 0.103. The molecular weight excluding hydrogens is 172 g/mol. The van der Waals surface area contributed by atoms with Gasteiger partial charge in [0.2, 0.25) is 0 Å². The summed E-state index contributed by atoms with van der Waals surface area (Å²) in [4.78, 5) is 11.8. The molecule has 1 nitrogen and oxygen atoms in total. The lowest BCUT2D eigenvalue weighted by Crippen LogP contribution is -2.00. The molecule has 0 N–H and O–H groups in total. The van der Waals surface area contributed by atoms with Crippen LogP contribution < -0.4 is 0 Å². The van der Waals surface area contributed by atoms with Gasteiger partial charge in [-0.1, -0.05) is 36.4 Å². The van der Waals surface area contributed by atoms with Crippen molar-refractivity contribution in [2.45, 2.75) is 0 Å². The van der Waals surface area contributed by atoms with Gasteiger partial charge in [-0.3, -0.25) is 4.79 Å². The second kappa shape index (κ2) is 3.88. The van der Waals surface area contributed by atoms with Crippen LogP contribution in [0.15, 0.2) is 48.5 Å². The van der Waals surface area contributed by atoms with Gasteiger partial charge in [-0.25, -0.2) is 0 Å². The largest absolute Gasteiger partial charge is 0.289 e. The number of hydrogen-bond acceptors (Lipinski definition) is 1. The molecule has 0 spiro atoms. The molecule has 0 aliphatic carbocycles. The van der Waals surface area contributed by atoms with E-state index in [0.29, 0.717) is 11.1 Å². The number of ketones is 1. The molecule has 0 atom stereocenters. The average molecular weight is 180 g/mol. The lowest BCUT2D eigenvalue weighted by atomic mass is 10.0. The third-order valence-electron chi connectivity index (χ3n) is 1.94. The Labute approximate surface area is 83.0 Å². The maximum absolute atomic E-state index is 11.8. The molecule has 2 radical (unpaired) electrons. The van der Waals surface area contributed by atoms with Crippen LogP contribution in [0.25, 0.3) is 0 Å². The van der Waals surface area contributed by atoms with Crippen LogP contribution >= 0.6 is 0 Å². The topological polar surface area (TPSA) is 17.1 Å². The maximum atomic E-state index is 11.8. The van der Waals surface area contributed by atoms with Crippen LogP contribution in [0, 0.1) is 12.1 Å². The Morgan fingerprint density at radius 3 is 2.50 bits per heavy atom. The minimum absolute atomic E-state index is 0.000370. The van der Waals surface area contributed by atoms with Gasteiger partial charge in [-0.05, 0) is 24.3 Å². The summed E-state index contributed by atoms with van der Waals surface area (Å²) in [5.74, 6) is -0.000370. The summed E-state index contributed by atoms with van der Waals surface area (Å²) in [6.07, 6.45) is 0. The Balaban J connectivity index is 2.35. The first kappa shape index (κ1) is 8.70. The van der Waals surface area contributed by atoms with E-state index in [1.807, 2.05) is 18.2 Å². The van der Waals surface area contributed by atoms with Gasteiger partial charge >= 0.3 is 0 Å². The molecule has 14 heavy (non-hydrogen) atoms. The average Bonchev–Trinajstić information content (AvgIpc) is 2.30. The highest BCUT2D eigenvalue weighted by atomic mass is 16.1. The molecule has 0 heterocycles. The predicted molar refractivity (Wildman–Crippen MR) is 54.0 cm³/mol. The van der Waals surface area contributed by atoms with E-state index in [9.17, 15) is 4.79 Å². The van der Waals surface area contributed by atoms with Crippen molar-refractivity contribution in [3.05, 3.63) is 71.8 Å². The van der Waals surface area contributed by atoms with Crippen LogP contribution in [0.5, 0.6) is 0 Å². The molecule has 66 valence electrons. The van der Waals surface area contributed by atoms with Gasteiger partial charge in [0, 0.05) is 11.1 Å². The van der Waals surface area contributed by atoms with Gasteiger partial charge in [0.25, 0.3) is 0 Å². The van der Waals surface area contributed by atoms with Gasteiger partial charge < -0.3 is 0 Å². The summed E-state index contributed by atoms with van der Waals surface area (Å²) in [6, 6.07) is 19.9. The normalized spacial score (nSPS) is 9.71. The highest BCUT2D eigenvalue weighted by molar-refractivity contribution is 6.08. The SMILES string of the molecule is O=C(c1[c]c[c]cc1)c1ccccc1. The fraction of sp³-hybridized carbons (Fsp3) is 0. The van der Waals surface area contributed by atoms with Crippen LogP contribution in [0.3, 0.4) is 0 Å². The fourth-order valence-corrected chi connectivity index (χ4v) is 1.23. The minimum Gasteiger partial charge on any atom is -0.289 e. The second-order valence-electron chi connectivity index (χ2n) is 2.90. The van der Waals surface area contributed by atoms with E-state index in [2.05, 4.69) is 12.1 Å². The Kier molecular flexibility index (Phi) is 2.41. The predicted octanol–water partition coefficient (Wildman–Crippen LogP) is 2.52. The summed E-state index contributed by atoms with van der Waals surface area (Å²) < 4.78 is 0. The molecule has 0 aromatic heterocycles. The summed E-state index contributed by atoms with van der Waals surface area (Å²) in [6.45, 7) is 0. The first-order chi connectivity index (χ1) is 6.88. The molecule has 0 aliphatic rings. The molecule has 2 aromatic carbocycles. The Bertz CT molecular complexity index is 376. The van der Waals surface area contributed by atoms with Crippen molar-refractivity contribution < 1.29 is 4.79 Å². The molecule has 0 bridgehead atoms. The van der Waals surface area contributed by atoms with Gasteiger partial charge in [-0.15, -0.1) is 0 Å². The number of hydrogen-bond donors (Lipinski definition) is 0. The smallest absolute Gasteiger partial charge is 0.193 e. The number of rotatable bonds is 2. The van der Waals surface area contributed by atoms with Crippen LogP contribution in [-0.4, -0.2) is 5.78 Å². The zero-order valence-electron chi connectivity index (χ0n) is 7.53. The van der Waals surface area contributed by atoms with Crippen LogP contribution in [0.4, 0.5) is 0 Å². The van der Waals surface area contributed by atoms with E-state index >= 15 is 0 Å². The second-order valence-corrected chi connectivity index (χ2v) is 2.90. The number of carbonyl (C=O) groups excluding carboxylic acids is 1. The molecule has 1 heteroatoms. The van der Waals surface area contributed by atoms with Crippen LogP contribution in [0.2, 0.25) is 0 Å². The molecule has 0 amide bonds. The van der Waals surface area contributed by atoms with Crippen molar-refractivity contribution in [2.24, 2.45) is 0 Å². The van der Waals surface area contributed by atoms with Crippen molar-refractivity contribution in [3.8, 4) is 0 Å². The Morgan fingerprint density at radius 2 is 1.86 bits per heavy atom. The molecule has 0 saturated heterocycles. The van der Waals surface area contributed by atoms with Crippen LogP contribution in [-0.2, 0) is 0 Å². The molecule has 2 rings (SSSR count). The van der Waals surface area contributed by atoms with E-state index in [0.717, 1.165) is 0 Å². The summed E-state index contributed by atoms with van der Waals surface area (Å²) in [5, 5.41) is 0. The Morgan fingerprint density at radius 1 is 1.07 bits per heavy atom.